The smallest absolute Gasteiger partial charge is 0.335 e. The van der Waals surface area contributed by atoms with Gasteiger partial charge in [-0.05, 0) is 61.7 Å². The van der Waals surface area contributed by atoms with Crippen molar-refractivity contribution in [2.75, 3.05) is 13.1 Å². The topological polar surface area (TPSA) is 49.8 Å². The highest BCUT2D eigenvalue weighted by Crippen LogP contribution is 2.25. The lowest BCUT2D eigenvalue weighted by Gasteiger charge is -2.34. The molecule has 0 atom stereocenters. The number of carboxylic acid groups (broad SMARTS) is 1. The zero-order valence-corrected chi connectivity index (χ0v) is 14.9. The number of likely N-dealkylation sites (tertiary alicyclic amines) is 1. The summed E-state index contributed by atoms with van der Waals surface area (Å²) in [7, 11) is 0. The lowest BCUT2D eigenvalue weighted by atomic mass is 10.1. The van der Waals surface area contributed by atoms with E-state index in [4.69, 9.17) is 9.84 Å². The fourth-order valence-corrected chi connectivity index (χ4v) is 3.13. The van der Waals surface area contributed by atoms with Gasteiger partial charge in [0, 0.05) is 19.1 Å². The number of nitrogens with zero attached hydrogens (tertiary/aromatic N) is 1. The van der Waals surface area contributed by atoms with Gasteiger partial charge >= 0.3 is 5.97 Å². The minimum absolute atomic E-state index is 0. The normalized spacial score (nSPS) is 16.1. The molecule has 130 valence electrons. The van der Waals surface area contributed by atoms with Gasteiger partial charge in [0.2, 0.25) is 0 Å². The summed E-state index contributed by atoms with van der Waals surface area (Å²) in [6.07, 6.45) is 2.36. The molecule has 24 heavy (non-hydrogen) atoms. The van der Waals surface area contributed by atoms with Crippen molar-refractivity contribution in [2.24, 2.45) is 0 Å². The van der Waals surface area contributed by atoms with Crippen LogP contribution in [0.25, 0.3) is 10.8 Å². The Balaban J connectivity index is 0.00000208. The van der Waals surface area contributed by atoms with Gasteiger partial charge in [0.1, 0.15) is 11.9 Å². The maximum atomic E-state index is 11.0. The number of halogens is 1. The number of hydrogen-bond donors (Lipinski definition) is 1. The van der Waals surface area contributed by atoms with E-state index in [-0.39, 0.29) is 18.5 Å². The summed E-state index contributed by atoms with van der Waals surface area (Å²) in [5.74, 6) is -0.0345. The van der Waals surface area contributed by atoms with Crippen LogP contribution in [0, 0.1) is 0 Å². The lowest BCUT2D eigenvalue weighted by Crippen LogP contribution is -2.41. The molecule has 2 aromatic rings. The number of hydrogen-bond acceptors (Lipinski definition) is 3. The summed E-state index contributed by atoms with van der Waals surface area (Å²) in [6.45, 7) is 6.63. The van der Waals surface area contributed by atoms with Crippen molar-refractivity contribution in [3.05, 3.63) is 42.0 Å². The Hall–Kier alpha value is -1.78. The van der Waals surface area contributed by atoms with Gasteiger partial charge in [-0.25, -0.2) is 4.79 Å². The average Bonchev–Trinajstić information content (AvgIpc) is 2.54. The second kappa shape index (κ2) is 7.86. The highest BCUT2D eigenvalue weighted by Gasteiger charge is 2.22. The molecule has 0 radical (unpaired) electrons. The lowest BCUT2D eigenvalue weighted by molar-refractivity contribution is 0.0697. The molecule has 0 aromatic heterocycles. The van der Waals surface area contributed by atoms with E-state index in [0.717, 1.165) is 42.5 Å². The predicted molar refractivity (Wildman–Crippen MR) is 98.5 cm³/mol. The Morgan fingerprint density at radius 2 is 1.75 bits per heavy atom. The minimum atomic E-state index is -0.899. The molecule has 0 aliphatic carbocycles. The van der Waals surface area contributed by atoms with E-state index in [1.54, 1.807) is 12.1 Å². The van der Waals surface area contributed by atoms with Gasteiger partial charge in [-0.3, -0.25) is 0 Å². The van der Waals surface area contributed by atoms with E-state index in [1.165, 1.54) is 0 Å². The van der Waals surface area contributed by atoms with Crippen molar-refractivity contribution in [1.82, 2.24) is 4.90 Å². The van der Waals surface area contributed by atoms with Gasteiger partial charge in [-0.15, -0.1) is 12.4 Å². The third-order valence-electron chi connectivity index (χ3n) is 4.57. The van der Waals surface area contributed by atoms with E-state index in [0.29, 0.717) is 11.6 Å². The quantitative estimate of drug-likeness (QED) is 0.898. The van der Waals surface area contributed by atoms with Gasteiger partial charge in [0.25, 0.3) is 0 Å². The number of piperidine rings is 1. The summed E-state index contributed by atoms with van der Waals surface area (Å²) in [5, 5.41) is 11.0. The van der Waals surface area contributed by atoms with E-state index in [9.17, 15) is 4.79 Å². The molecule has 0 spiro atoms. The van der Waals surface area contributed by atoms with E-state index in [1.807, 2.05) is 24.3 Å². The Labute approximate surface area is 148 Å². The first-order chi connectivity index (χ1) is 11.0. The van der Waals surface area contributed by atoms with Gasteiger partial charge in [0.15, 0.2) is 0 Å². The minimum Gasteiger partial charge on any atom is -0.490 e. The zero-order chi connectivity index (χ0) is 16.4. The highest BCUT2D eigenvalue weighted by atomic mass is 35.5. The fourth-order valence-electron chi connectivity index (χ4n) is 3.13. The number of benzene rings is 2. The molecule has 1 N–H and O–H groups in total. The summed E-state index contributed by atoms with van der Waals surface area (Å²) < 4.78 is 6.13. The highest BCUT2D eigenvalue weighted by molar-refractivity contribution is 5.94. The standard InChI is InChI=1S/C19H23NO3.ClH/c1-13(2)20-9-7-17(8-10-20)23-18-6-5-14-11-16(19(21)22)4-3-15(14)12-18;/h3-6,11-13,17H,7-10H2,1-2H3,(H,21,22);1H. The maximum Gasteiger partial charge on any atom is 0.335 e. The number of fused-ring (bicyclic) bond motifs is 1. The van der Waals surface area contributed by atoms with Gasteiger partial charge in [-0.1, -0.05) is 12.1 Å². The zero-order valence-electron chi connectivity index (χ0n) is 14.1. The van der Waals surface area contributed by atoms with Crippen LogP contribution < -0.4 is 4.74 Å². The molecule has 0 amide bonds. The second-order valence-corrected chi connectivity index (χ2v) is 6.48. The fraction of sp³-hybridized carbons (Fsp3) is 0.421. The monoisotopic (exact) mass is 349 g/mol. The molecule has 1 fully saturated rings. The maximum absolute atomic E-state index is 11.0. The van der Waals surface area contributed by atoms with E-state index >= 15 is 0 Å². The average molecular weight is 350 g/mol. The molecule has 5 heteroatoms. The molecule has 0 bridgehead atoms. The van der Waals surface area contributed by atoms with Crippen molar-refractivity contribution in [2.45, 2.75) is 38.8 Å². The van der Waals surface area contributed by atoms with Crippen LogP contribution in [0.5, 0.6) is 5.75 Å². The van der Waals surface area contributed by atoms with E-state index < -0.39 is 5.97 Å². The van der Waals surface area contributed by atoms with Crippen LogP contribution >= 0.6 is 12.4 Å². The molecule has 4 nitrogen and oxygen atoms in total. The number of ether oxygens (including phenoxy) is 1. The Bertz CT molecular complexity index is 709. The molecule has 0 unspecified atom stereocenters. The summed E-state index contributed by atoms with van der Waals surface area (Å²) in [6, 6.07) is 11.6. The van der Waals surface area contributed by atoms with Crippen molar-refractivity contribution >= 4 is 29.1 Å². The summed E-state index contributed by atoms with van der Waals surface area (Å²) in [4.78, 5) is 13.5. The molecule has 2 aromatic carbocycles. The third kappa shape index (κ3) is 4.19. The SMILES string of the molecule is CC(C)N1CCC(Oc2ccc3cc(C(=O)O)ccc3c2)CC1.Cl. The van der Waals surface area contributed by atoms with Crippen LogP contribution in [-0.2, 0) is 0 Å². The van der Waals surface area contributed by atoms with Gasteiger partial charge in [0.05, 0.1) is 5.56 Å². The van der Waals surface area contributed by atoms with Crippen LogP contribution in [0.3, 0.4) is 0 Å². The van der Waals surface area contributed by atoms with Crippen LogP contribution in [0.2, 0.25) is 0 Å². The predicted octanol–water partition coefficient (Wildman–Crippen LogP) is 4.21. The molecule has 1 saturated heterocycles. The molecule has 3 rings (SSSR count). The Kier molecular flexibility index (Phi) is 6.08. The van der Waals surface area contributed by atoms with Crippen LogP contribution in [0.15, 0.2) is 36.4 Å². The van der Waals surface area contributed by atoms with Crippen LogP contribution in [0.4, 0.5) is 0 Å². The molecular weight excluding hydrogens is 326 g/mol. The summed E-state index contributed by atoms with van der Waals surface area (Å²) >= 11 is 0. The number of carboxylic acids is 1. The van der Waals surface area contributed by atoms with Crippen molar-refractivity contribution in [1.29, 1.82) is 0 Å². The second-order valence-electron chi connectivity index (χ2n) is 6.48. The van der Waals surface area contributed by atoms with Crippen molar-refractivity contribution < 1.29 is 14.6 Å². The third-order valence-corrected chi connectivity index (χ3v) is 4.57. The molecule has 0 saturated carbocycles. The summed E-state index contributed by atoms with van der Waals surface area (Å²) in [5.41, 5.74) is 0.312. The van der Waals surface area contributed by atoms with Gasteiger partial charge in [-0.2, -0.15) is 0 Å². The first-order valence-corrected chi connectivity index (χ1v) is 8.21. The van der Waals surface area contributed by atoms with Gasteiger partial charge < -0.3 is 14.7 Å². The first kappa shape index (κ1) is 18.6. The molecule has 1 heterocycles. The van der Waals surface area contributed by atoms with Crippen LogP contribution in [-0.4, -0.2) is 41.2 Å². The Morgan fingerprint density at radius 1 is 1.12 bits per heavy atom. The van der Waals surface area contributed by atoms with Crippen molar-refractivity contribution in [3.8, 4) is 5.75 Å². The largest absolute Gasteiger partial charge is 0.490 e. The first-order valence-electron chi connectivity index (χ1n) is 8.21. The van der Waals surface area contributed by atoms with Crippen LogP contribution in [0.1, 0.15) is 37.0 Å². The number of carbonyl (C=O) groups is 1. The number of aromatic carboxylic acids is 1. The molecule has 1 aliphatic rings. The van der Waals surface area contributed by atoms with E-state index in [2.05, 4.69) is 18.7 Å². The Morgan fingerprint density at radius 3 is 2.38 bits per heavy atom. The molecule has 1 aliphatic heterocycles. The number of rotatable bonds is 4. The molecular formula is C19H24ClNO3. The van der Waals surface area contributed by atoms with Crippen molar-refractivity contribution in [3.63, 3.8) is 0 Å².